The maximum absolute atomic E-state index is 13.0. The topological polar surface area (TPSA) is 81.8 Å². The van der Waals surface area contributed by atoms with Gasteiger partial charge in [0.05, 0.1) is 5.92 Å². The van der Waals surface area contributed by atoms with E-state index in [-0.39, 0.29) is 35.7 Å². The number of carbonyl (C=O) groups excluding carboxylic acids is 3. The van der Waals surface area contributed by atoms with Gasteiger partial charge in [-0.3, -0.25) is 14.5 Å². The Morgan fingerprint density at radius 1 is 1.09 bits per heavy atom. The third-order valence-corrected chi connectivity index (χ3v) is 7.97. The van der Waals surface area contributed by atoms with Gasteiger partial charge >= 0.3 is 6.03 Å². The first kappa shape index (κ1) is 24.7. The lowest BCUT2D eigenvalue weighted by atomic mass is 9.76. The standard InChI is InChI=1S/C27H40N4O3/c1-2-22-11-6-7-16-30(22)17-8-15-28-25(32)21-12-13-23-24(19-21)29-27(34)31(26(23)33)18-14-20-9-4-3-5-10-20/h3-5,9-10,21-24H,2,6-8,11-19H2,1H3,(H,28,32)(H,29,34). The lowest BCUT2D eigenvalue weighted by molar-refractivity contribution is -0.139. The summed E-state index contributed by atoms with van der Waals surface area (Å²) in [6, 6.07) is 10.0. The maximum atomic E-state index is 13.0. The fourth-order valence-corrected chi connectivity index (χ4v) is 5.95. The van der Waals surface area contributed by atoms with Gasteiger partial charge in [-0.15, -0.1) is 0 Å². The van der Waals surface area contributed by atoms with Gasteiger partial charge in [-0.25, -0.2) is 4.79 Å². The molecule has 3 fully saturated rings. The molecule has 3 aliphatic rings. The van der Waals surface area contributed by atoms with E-state index in [2.05, 4.69) is 22.5 Å². The number of amides is 4. The Labute approximate surface area is 203 Å². The molecule has 1 aromatic carbocycles. The lowest BCUT2D eigenvalue weighted by Gasteiger charge is -2.42. The Hall–Kier alpha value is -2.41. The normalized spacial score (nSPS) is 27.7. The van der Waals surface area contributed by atoms with E-state index in [9.17, 15) is 14.4 Å². The summed E-state index contributed by atoms with van der Waals surface area (Å²) in [7, 11) is 0. The number of imide groups is 1. The molecule has 0 radical (unpaired) electrons. The summed E-state index contributed by atoms with van der Waals surface area (Å²) in [5.74, 6) is -0.376. The highest BCUT2D eigenvalue weighted by Gasteiger charge is 2.45. The van der Waals surface area contributed by atoms with Crippen molar-refractivity contribution < 1.29 is 14.4 Å². The Kier molecular flexibility index (Phi) is 8.59. The third kappa shape index (κ3) is 5.98. The molecule has 1 saturated carbocycles. The largest absolute Gasteiger partial charge is 0.356 e. The van der Waals surface area contributed by atoms with E-state index in [0.29, 0.717) is 44.8 Å². The first-order chi connectivity index (χ1) is 16.6. The zero-order valence-corrected chi connectivity index (χ0v) is 20.5. The van der Waals surface area contributed by atoms with Gasteiger partial charge < -0.3 is 15.5 Å². The molecule has 2 N–H and O–H groups in total. The Morgan fingerprint density at radius 2 is 1.91 bits per heavy atom. The first-order valence-corrected chi connectivity index (χ1v) is 13.2. The molecule has 0 bridgehead atoms. The van der Waals surface area contributed by atoms with Crippen molar-refractivity contribution >= 4 is 17.8 Å². The van der Waals surface area contributed by atoms with Crippen LogP contribution in [0.4, 0.5) is 4.79 Å². The number of likely N-dealkylation sites (tertiary alicyclic amines) is 1. The van der Waals surface area contributed by atoms with Gasteiger partial charge in [-0.2, -0.15) is 0 Å². The van der Waals surface area contributed by atoms with Crippen LogP contribution in [0.1, 0.15) is 63.9 Å². The molecule has 7 heteroatoms. The van der Waals surface area contributed by atoms with Gasteiger partial charge in [0.25, 0.3) is 0 Å². The number of urea groups is 1. The molecule has 4 unspecified atom stereocenters. The second-order valence-corrected chi connectivity index (χ2v) is 10.1. The van der Waals surface area contributed by atoms with E-state index < -0.39 is 0 Å². The van der Waals surface area contributed by atoms with Crippen molar-refractivity contribution in [2.45, 2.75) is 76.8 Å². The van der Waals surface area contributed by atoms with Crippen LogP contribution in [0.3, 0.4) is 0 Å². The molecule has 1 aromatic rings. The summed E-state index contributed by atoms with van der Waals surface area (Å²) >= 11 is 0. The molecule has 0 spiro atoms. The molecule has 4 rings (SSSR count). The summed E-state index contributed by atoms with van der Waals surface area (Å²) < 4.78 is 0. The number of hydrogen-bond acceptors (Lipinski definition) is 4. The number of fused-ring (bicyclic) bond motifs is 1. The van der Waals surface area contributed by atoms with Crippen LogP contribution in [-0.4, -0.2) is 65.9 Å². The highest BCUT2D eigenvalue weighted by atomic mass is 16.2. The number of rotatable bonds is 9. The van der Waals surface area contributed by atoms with Crippen LogP contribution in [0.15, 0.2) is 30.3 Å². The minimum atomic E-state index is -0.324. The van der Waals surface area contributed by atoms with Crippen molar-refractivity contribution in [2.75, 3.05) is 26.2 Å². The van der Waals surface area contributed by atoms with Crippen molar-refractivity contribution in [3.63, 3.8) is 0 Å². The van der Waals surface area contributed by atoms with Crippen molar-refractivity contribution in [1.82, 2.24) is 20.4 Å². The summed E-state index contributed by atoms with van der Waals surface area (Å²) in [5, 5.41) is 6.14. The van der Waals surface area contributed by atoms with Crippen molar-refractivity contribution in [3.8, 4) is 0 Å². The average Bonchev–Trinajstić information content (AvgIpc) is 2.86. The summed E-state index contributed by atoms with van der Waals surface area (Å²) in [6.45, 7) is 5.55. The molecule has 4 atom stereocenters. The van der Waals surface area contributed by atoms with Gasteiger partial charge in [0.1, 0.15) is 0 Å². The molecular weight excluding hydrogens is 428 g/mol. The molecule has 2 heterocycles. The van der Waals surface area contributed by atoms with Crippen LogP contribution < -0.4 is 10.6 Å². The van der Waals surface area contributed by atoms with E-state index in [1.807, 2.05) is 30.3 Å². The molecular formula is C27H40N4O3. The SMILES string of the molecule is CCC1CCCCN1CCCNC(=O)C1CCC2C(=O)N(CCc3ccccc3)C(=O)NC2C1. The first-order valence-electron chi connectivity index (χ1n) is 13.2. The highest BCUT2D eigenvalue weighted by molar-refractivity contribution is 5.99. The van der Waals surface area contributed by atoms with Crippen LogP contribution in [-0.2, 0) is 16.0 Å². The van der Waals surface area contributed by atoms with Crippen LogP contribution in [0.5, 0.6) is 0 Å². The van der Waals surface area contributed by atoms with E-state index in [4.69, 9.17) is 0 Å². The minimum Gasteiger partial charge on any atom is -0.356 e. The van der Waals surface area contributed by atoms with Crippen molar-refractivity contribution in [1.29, 1.82) is 0 Å². The quantitative estimate of drug-likeness (QED) is 0.545. The van der Waals surface area contributed by atoms with Crippen LogP contribution in [0.25, 0.3) is 0 Å². The predicted octanol–water partition coefficient (Wildman–Crippen LogP) is 3.34. The number of carbonyl (C=O) groups is 3. The van der Waals surface area contributed by atoms with Gasteiger partial charge in [0.2, 0.25) is 11.8 Å². The Morgan fingerprint density at radius 3 is 2.71 bits per heavy atom. The van der Waals surface area contributed by atoms with Gasteiger partial charge in [-0.05, 0) is 63.5 Å². The van der Waals surface area contributed by atoms with Crippen LogP contribution in [0.2, 0.25) is 0 Å². The fourth-order valence-electron chi connectivity index (χ4n) is 5.95. The zero-order chi connectivity index (χ0) is 23.9. The predicted molar refractivity (Wildman–Crippen MR) is 132 cm³/mol. The smallest absolute Gasteiger partial charge is 0.324 e. The molecule has 2 saturated heterocycles. The number of hydrogen-bond donors (Lipinski definition) is 2. The maximum Gasteiger partial charge on any atom is 0.324 e. The van der Waals surface area contributed by atoms with Gasteiger partial charge in [-0.1, -0.05) is 43.7 Å². The van der Waals surface area contributed by atoms with Gasteiger partial charge in [0, 0.05) is 37.6 Å². The zero-order valence-electron chi connectivity index (χ0n) is 20.5. The number of piperidine rings is 1. The summed E-state index contributed by atoms with van der Waals surface area (Å²) in [5.41, 5.74) is 1.11. The number of nitrogens with zero attached hydrogens (tertiary/aromatic N) is 2. The van der Waals surface area contributed by atoms with E-state index >= 15 is 0 Å². The lowest BCUT2D eigenvalue weighted by Crippen LogP contribution is -2.62. The molecule has 4 amide bonds. The monoisotopic (exact) mass is 468 g/mol. The summed E-state index contributed by atoms with van der Waals surface area (Å²) in [6.07, 6.45) is 8.62. The minimum absolute atomic E-state index is 0.0670. The molecule has 7 nitrogen and oxygen atoms in total. The van der Waals surface area contributed by atoms with Crippen LogP contribution in [0, 0.1) is 11.8 Å². The highest BCUT2D eigenvalue weighted by Crippen LogP contribution is 2.33. The molecule has 0 aromatic heterocycles. The fraction of sp³-hybridized carbons (Fsp3) is 0.667. The van der Waals surface area contributed by atoms with Gasteiger partial charge in [0.15, 0.2) is 0 Å². The Bertz CT molecular complexity index is 846. The Balaban J connectivity index is 1.21. The molecule has 2 aliphatic heterocycles. The van der Waals surface area contributed by atoms with E-state index in [1.54, 1.807) is 0 Å². The van der Waals surface area contributed by atoms with E-state index in [1.165, 1.54) is 37.1 Å². The van der Waals surface area contributed by atoms with E-state index in [0.717, 1.165) is 18.5 Å². The number of benzene rings is 1. The average molecular weight is 469 g/mol. The molecule has 34 heavy (non-hydrogen) atoms. The molecule has 1 aliphatic carbocycles. The number of nitrogens with one attached hydrogen (secondary N) is 2. The van der Waals surface area contributed by atoms with Crippen molar-refractivity contribution in [2.24, 2.45) is 11.8 Å². The third-order valence-electron chi connectivity index (χ3n) is 7.97. The summed E-state index contributed by atoms with van der Waals surface area (Å²) in [4.78, 5) is 42.4. The molecule has 186 valence electrons. The second kappa shape index (κ2) is 11.8. The van der Waals surface area contributed by atoms with Crippen LogP contribution >= 0.6 is 0 Å². The second-order valence-electron chi connectivity index (χ2n) is 10.1. The van der Waals surface area contributed by atoms with Crippen molar-refractivity contribution in [3.05, 3.63) is 35.9 Å².